The van der Waals surface area contributed by atoms with Crippen LogP contribution in [0, 0.1) is 22.2 Å². The molecule has 1 saturated carbocycles. The molecule has 2 amide bonds. The highest BCUT2D eigenvalue weighted by molar-refractivity contribution is 5.82. The van der Waals surface area contributed by atoms with Gasteiger partial charge in [-0.15, -0.1) is 0 Å². The molecule has 0 aromatic rings. The standard InChI is InChI=1S/C31H46F2N2O10/c1-9-23(36)41-16-30(17-42-24(37)10-2,18-43-25(38)11-3)19-44-26(39)34-15-29(8)13-22(12-28(6,7)14-29)35-27(40)45-20-31(32,33)21(4)5/h9-11,21-22H,1-3,12-20H2,4-8H3,(H,34,39)(H,35,40). The van der Waals surface area contributed by atoms with Gasteiger partial charge in [0.05, 0.1) is 0 Å². The van der Waals surface area contributed by atoms with Crippen LogP contribution in [0.25, 0.3) is 0 Å². The molecule has 14 heteroatoms. The van der Waals surface area contributed by atoms with Crippen molar-refractivity contribution < 1.29 is 56.4 Å². The van der Waals surface area contributed by atoms with E-state index in [9.17, 15) is 32.8 Å². The normalized spacial score (nSPS) is 19.3. The molecule has 2 atom stereocenters. The molecule has 1 aliphatic rings. The molecule has 12 nitrogen and oxygen atoms in total. The lowest BCUT2D eigenvalue weighted by molar-refractivity contribution is -0.159. The number of amides is 2. The minimum Gasteiger partial charge on any atom is -0.462 e. The first-order valence-corrected chi connectivity index (χ1v) is 14.4. The van der Waals surface area contributed by atoms with E-state index in [1.807, 2.05) is 20.8 Å². The zero-order chi connectivity index (χ0) is 34.5. The second-order valence-electron chi connectivity index (χ2n) is 12.8. The molecule has 0 bridgehead atoms. The third-order valence-corrected chi connectivity index (χ3v) is 7.24. The maximum absolute atomic E-state index is 13.9. The minimum absolute atomic E-state index is 0.114. The van der Waals surface area contributed by atoms with Crippen LogP contribution < -0.4 is 10.6 Å². The van der Waals surface area contributed by atoms with Crippen LogP contribution in [-0.2, 0) is 38.1 Å². The summed E-state index contributed by atoms with van der Waals surface area (Å²) in [4.78, 5) is 60.5. The van der Waals surface area contributed by atoms with Crippen LogP contribution in [0.5, 0.6) is 0 Å². The molecule has 0 saturated heterocycles. The number of halogens is 2. The number of alkyl halides is 2. The first-order valence-electron chi connectivity index (χ1n) is 14.4. The molecule has 2 N–H and O–H groups in total. The number of rotatable bonds is 17. The van der Waals surface area contributed by atoms with Crippen molar-refractivity contribution in [2.45, 2.75) is 65.8 Å². The van der Waals surface area contributed by atoms with Gasteiger partial charge in [-0.3, -0.25) is 0 Å². The third kappa shape index (κ3) is 14.1. The SMILES string of the molecule is C=CC(=O)OCC(COC(=O)C=C)(COC(=O)C=C)COC(=O)NCC1(C)CC(NC(=O)OCC(F)(F)C(C)C)CC(C)(C)C1. The van der Waals surface area contributed by atoms with Crippen LogP contribution in [0.3, 0.4) is 0 Å². The highest BCUT2D eigenvalue weighted by Crippen LogP contribution is 2.45. The quantitative estimate of drug-likeness (QED) is 0.131. The van der Waals surface area contributed by atoms with E-state index < -0.39 is 91.8 Å². The summed E-state index contributed by atoms with van der Waals surface area (Å²) in [6.45, 7) is 15.7. The summed E-state index contributed by atoms with van der Waals surface area (Å²) >= 11 is 0. The highest BCUT2D eigenvalue weighted by atomic mass is 19.3. The first kappa shape index (κ1) is 39.1. The lowest BCUT2D eigenvalue weighted by atomic mass is 9.62. The van der Waals surface area contributed by atoms with Crippen molar-refractivity contribution in [2.75, 3.05) is 39.6 Å². The largest absolute Gasteiger partial charge is 0.462 e. The maximum Gasteiger partial charge on any atom is 0.407 e. The average Bonchev–Trinajstić information content (AvgIpc) is 2.96. The van der Waals surface area contributed by atoms with Gasteiger partial charge in [-0.2, -0.15) is 0 Å². The van der Waals surface area contributed by atoms with Crippen LogP contribution in [0.15, 0.2) is 38.0 Å². The number of carbonyl (C=O) groups excluding carboxylic acids is 5. The Labute approximate surface area is 262 Å². The molecule has 0 aliphatic heterocycles. The monoisotopic (exact) mass is 644 g/mol. The molecule has 1 aliphatic carbocycles. The van der Waals surface area contributed by atoms with Gasteiger partial charge in [-0.05, 0) is 30.1 Å². The number of carbonyl (C=O) groups is 5. The minimum atomic E-state index is -3.16. The fourth-order valence-electron chi connectivity index (χ4n) is 5.06. The second kappa shape index (κ2) is 16.9. The fourth-order valence-corrected chi connectivity index (χ4v) is 5.06. The molecule has 0 aromatic carbocycles. The summed E-state index contributed by atoms with van der Waals surface area (Å²) in [6.07, 6.45) is 2.50. The number of nitrogens with one attached hydrogen (secondary N) is 2. The Bertz CT molecular complexity index is 1050. The van der Waals surface area contributed by atoms with E-state index in [-0.39, 0.29) is 12.0 Å². The molecule has 0 aromatic heterocycles. The lowest BCUT2D eigenvalue weighted by Gasteiger charge is -2.46. The van der Waals surface area contributed by atoms with Crippen LogP contribution in [0.4, 0.5) is 18.4 Å². The Morgan fingerprint density at radius 3 is 1.67 bits per heavy atom. The molecule has 0 radical (unpaired) electrons. The predicted octanol–water partition coefficient (Wildman–Crippen LogP) is 4.49. The number of alkyl carbamates (subject to hydrolysis) is 2. The second-order valence-corrected chi connectivity index (χ2v) is 12.8. The van der Waals surface area contributed by atoms with Gasteiger partial charge in [0, 0.05) is 36.7 Å². The summed E-state index contributed by atoms with van der Waals surface area (Å²) in [5.41, 5.74) is -2.32. The van der Waals surface area contributed by atoms with Gasteiger partial charge < -0.3 is 34.3 Å². The van der Waals surface area contributed by atoms with Crippen LogP contribution in [0.1, 0.15) is 53.9 Å². The van der Waals surface area contributed by atoms with Gasteiger partial charge in [0.25, 0.3) is 5.92 Å². The van der Waals surface area contributed by atoms with Crippen molar-refractivity contribution in [3.8, 4) is 0 Å². The molecular weight excluding hydrogens is 598 g/mol. The Morgan fingerprint density at radius 2 is 1.22 bits per heavy atom. The van der Waals surface area contributed by atoms with Gasteiger partial charge in [0.2, 0.25) is 0 Å². The van der Waals surface area contributed by atoms with Gasteiger partial charge in [0.15, 0.2) is 6.61 Å². The molecule has 0 heterocycles. The van der Waals surface area contributed by atoms with Gasteiger partial charge in [-0.1, -0.05) is 54.4 Å². The maximum atomic E-state index is 13.9. The molecular formula is C31H46F2N2O10. The molecule has 45 heavy (non-hydrogen) atoms. The van der Waals surface area contributed by atoms with Crippen LogP contribution in [-0.4, -0.2) is 81.6 Å². The number of ether oxygens (including phenoxy) is 5. The molecule has 1 rings (SSSR count). The molecule has 254 valence electrons. The van der Waals surface area contributed by atoms with Crippen LogP contribution in [0.2, 0.25) is 0 Å². The Balaban J connectivity index is 2.95. The van der Waals surface area contributed by atoms with Gasteiger partial charge >= 0.3 is 30.1 Å². The van der Waals surface area contributed by atoms with E-state index in [1.54, 1.807) is 0 Å². The van der Waals surface area contributed by atoms with E-state index in [1.165, 1.54) is 13.8 Å². The number of hydrogen-bond acceptors (Lipinski definition) is 10. The highest BCUT2D eigenvalue weighted by Gasteiger charge is 2.43. The summed E-state index contributed by atoms with van der Waals surface area (Å²) in [6, 6.07) is -0.414. The van der Waals surface area contributed by atoms with Crippen LogP contribution >= 0.6 is 0 Å². The van der Waals surface area contributed by atoms with Crippen molar-refractivity contribution >= 4 is 30.1 Å². The summed E-state index contributed by atoms with van der Waals surface area (Å²) in [5.74, 6) is -6.61. The summed E-state index contributed by atoms with van der Waals surface area (Å²) < 4.78 is 53.3. The molecule has 1 fully saturated rings. The van der Waals surface area contributed by atoms with Crippen molar-refractivity contribution in [2.24, 2.45) is 22.2 Å². The van der Waals surface area contributed by atoms with Crippen molar-refractivity contribution in [3.63, 3.8) is 0 Å². The lowest BCUT2D eigenvalue weighted by Crippen LogP contribution is -2.51. The van der Waals surface area contributed by atoms with E-state index in [0.717, 1.165) is 18.2 Å². The zero-order valence-electron chi connectivity index (χ0n) is 26.7. The smallest absolute Gasteiger partial charge is 0.407 e. The molecule has 0 spiro atoms. The third-order valence-electron chi connectivity index (χ3n) is 7.24. The number of esters is 3. The van der Waals surface area contributed by atoms with E-state index in [4.69, 9.17) is 23.7 Å². The fraction of sp³-hybridized carbons (Fsp3) is 0.645. The summed E-state index contributed by atoms with van der Waals surface area (Å²) in [5, 5.41) is 5.36. The topological polar surface area (TPSA) is 156 Å². The zero-order valence-corrected chi connectivity index (χ0v) is 26.7. The summed E-state index contributed by atoms with van der Waals surface area (Å²) in [7, 11) is 0. The Morgan fingerprint density at radius 1 is 0.778 bits per heavy atom. The predicted molar refractivity (Wildman–Crippen MR) is 159 cm³/mol. The van der Waals surface area contributed by atoms with Crippen molar-refractivity contribution in [1.82, 2.24) is 10.6 Å². The van der Waals surface area contributed by atoms with Crippen molar-refractivity contribution in [3.05, 3.63) is 38.0 Å². The van der Waals surface area contributed by atoms with Gasteiger partial charge in [-0.25, -0.2) is 32.8 Å². The number of hydrogen-bond donors (Lipinski definition) is 2. The molecule has 2 unspecified atom stereocenters. The first-order chi connectivity index (χ1) is 20.8. The average molecular weight is 645 g/mol. The van der Waals surface area contributed by atoms with Gasteiger partial charge in [0.1, 0.15) is 31.8 Å². The van der Waals surface area contributed by atoms with Crippen molar-refractivity contribution in [1.29, 1.82) is 0 Å². The van der Waals surface area contributed by atoms with E-state index in [2.05, 4.69) is 30.4 Å². The Kier molecular flexibility index (Phi) is 14.7. The Hall–Kier alpha value is -3.97. The van der Waals surface area contributed by atoms with E-state index >= 15 is 0 Å². The van der Waals surface area contributed by atoms with E-state index in [0.29, 0.717) is 19.3 Å².